The molecular formula is C18H30N2O2. The average molecular weight is 306 g/mol. The summed E-state index contributed by atoms with van der Waals surface area (Å²) in [4.78, 5) is 11.6. The van der Waals surface area contributed by atoms with E-state index in [0.29, 0.717) is 24.5 Å². The Kier molecular flexibility index (Phi) is 6.42. The number of nitrogens with two attached hydrogens (primary N) is 1. The van der Waals surface area contributed by atoms with E-state index in [1.165, 1.54) is 0 Å². The fourth-order valence-electron chi connectivity index (χ4n) is 2.53. The number of carbonyl (C=O) groups excluding carboxylic acids is 1. The van der Waals surface area contributed by atoms with Crippen LogP contribution in [0.3, 0.4) is 0 Å². The van der Waals surface area contributed by atoms with Crippen LogP contribution in [0.1, 0.15) is 57.7 Å². The lowest BCUT2D eigenvalue weighted by atomic mass is 9.82. The minimum atomic E-state index is -0.134. The van der Waals surface area contributed by atoms with Gasteiger partial charge in [-0.05, 0) is 40.9 Å². The van der Waals surface area contributed by atoms with Gasteiger partial charge in [0.15, 0.2) is 0 Å². The van der Waals surface area contributed by atoms with Gasteiger partial charge in [-0.2, -0.15) is 0 Å². The summed E-state index contributed by atoms with van der Waals surface area (Å²) in [5, 5.41) is 13.2. The maximum atomic E-state index is 11.6. The third kappa shape index (κ3) is 5.34. The Hall–Kier alpha value is -1.55. The molecular weight excluding hydrogens is 276 g/mol. The Bertz CT molecular complexity index is 517. The number of aromatic hydroxyl groups is 1. The molecule has 22 heavy (non-hydrogen) atoms. The molecule has 0 saturated carbocycles. The number of carbonyl (C=O) groups is 1. The molecule has 1 aromatic rings. The summed E-state index contributed by atoms with van der Waals surface area (Å²) in [6, 6.07) is 4.05. The lowest BCUT2D eigenvalue weighted by Crippen LogP contribution is -2.29. The molecule has 0 atom stereocenters. The number of phenols is 1. The van der Waals surface area contributed by atoms with Gasteiger partial charge in [0.1, 0.15) is 5.75 Å². The van der Waals surface area contributed by atoms with Crippen molar-refractivity contribution < 1.29 is 9.90 Å². The molecule has 1 amide bonds. The topological polar surface area (TPSA) is 75.4 Å². The fourth-order valence-corrected chi connectivity index (χ4v) is 2.53. The molecule has 4 nitrogen and oxygen atoms in total. The van der Waals surface area contributed by atoms with Crippen molar-refractivity contribution >= 4 is 5.91 Å². The first-order chi connectivity index (χ1) is 10.1. The van der Waals surface area contributed by atoms with E-state index in [9.17, 15) is 9.90 Å². The molecule has 0 aromatic heterocycles. The van der Waals surface area contributed by atoms with Crippen LogP contribution in [0, 0.1) is 5.92 Å². The summed E-state index contributed by atoms with van der Waals surface area (Å²) in [6.45, 7) is 10.7. The van der Waals surface area contributed by atoms with E-state index in [2.05, 4.69) is 39.9 Å². The number of aryl methyl sites for hydroxylation is 1. The van der Waals surface area contributed by atoms with Crippen molar-refractivity contribution in [2.24, 2.45) is 11.7 Å². The van der Waals surface area contributed by atoms with E-state index in [0.717, 1.165) is 23.1 Å². The first kappa shape index (κ1) is 18.5. The molecule has 0 aliphatic rings. The molecule has 4 heteroatoms. The van der Waals surface area contributed by atoms with Crippen LogP contribution >= 0.6 is 0 Å². The molecule has 0 fully saturated rings. The molecule has 4 N–H and O–H groups in total. The third-order valence-corrected chi connectivity index (χ3v) is 3.62. The molecule has 0 saturated heterocycles. The van der Waals surface area contributed by atoms with Crippen molar-refractivity contribution in [3.05, 3.63) is 28.8 Å². The monoisotopic (exact) mass is 306 g/mol. The third-order valence-electron chi connectivity index (χ3n) is 3.62. The molecule has 0 heterocycles. The van der Waals surface area contributed by atoms with Crippen LogP contribution in [0.15, 0.2) is 12.1 Å². The van der Waals surface area contributed by atoms with Crippen LogP contribution < -0.4 is 11.1 Å². The van der Waals surface area contributed by atoms with Crippen LogP contribution in [-0.2, 0) is 23.1 Å². The van der Waals surface area contributed by atoms with Crippen molar-refractivity contribution in [1.82, 2.24) is 5.32 Å². The Labute approximate surface area is 134 Å². The standard InChI is InChI=1S/C18H30N2O2/c1-12(2)8-14-9-13(6-7-16(21)20-11-19)10-15(17(14)22)18(3,4)5/h9-10,12,22H,6-8,11,19H2,1-5H3,(H,20,21). The molecule has 0 aliphatic heterocycles. The van der Waals surface area contributed by atoms with Gasteiger partial charge in [0, 0.05) is 6.42 Å². The summed E-state index contributed by atoms with van der Waals surface area (Å²) in [7, 11) is 0. The van der Waals surface area contributed by atoms with E-state index in [4.69, 9.17) is 5.73 Å². The van der Waals surface area contributed by atoms with Gasteiger partial charge < -0.3 is 16.2 Å². The van der Waals surface area contributed by atoms with Gasteiger partial charge in [-0.25, -0.2) is 0 Å². The summed E-state index contributed by atoms with van der Waals surface area (Å²) >= 11 is 0. The van der Waals surface area contributed by atoms with Gasteiger partial charge >= 0.3 is 0 Å². The second-order valence-electron chi connectivity index (χ2n) is 7.30. The minimum absolute atomic E-state index is 0.0432. The Morgan fingerprint density at radius 3 is 2.45 bits per heavy atom. The van der Waals surface area contributed by atoms with Crippen LogP contribution in [0.4, 0.5) is 0 Å². The molecule has 124 valence electrons. The molecule has 0 unspecified atom stereocenters. The molecule has 0 bridgehead atoms. The summed E-state index contributed by atoms with van der Waals surface area (Å²) in [5.41, 5.74) is 8.18. The van der Waals surface area contributed by atoms with Gasteiger partial charge in [-0.15, -0.1) is 0 Å². The van der Waals surface area contributed by atoms with E-state index < -0.39 is 0 Å². The lowest BCUT2D eigenvalue weighted by molar-refractivity contribution is -0.121. The van der Waals surface area contributed by atoms with E-state index >= 15 is 0 Å². The van der Waals surface area contributed by atoms with Crippen molar-refractivity contribution in [3.8, 4) is 5.75 Å². The van der Waals surface area contributed by atoms with Gasteiger partial charge in [0.25, 0.3) is 0 Å². The fraction of sp³-hybridized carbons (Fsp3) is 0.611. The Balaban J connectivity index is 3.09. The second-order valence-corrected chi connectivity index (χ2v) is 7.30. The lowest BCUT2D eigenvalue weighted by Gasteiger charge is -2.24. The van der Waals surface area contributed by atoms with Crippen LogP contribution in [0.25, 0.3) is 0 Å². The van der Waals surface area contributed by atoms with E-state index in [-0.39, 0.29) is 18.0 Å². The largest absolute Gasteiger partial charge is 0.507 e. The predicted octanol–water partition coefficient (Wildman–Crippen LogP) is 2.85. The molecule has 1 rings (SSSR count). The average Bonchev–Trinajstić information content (AvgIpc) is 2.37. The van der Waals surface area contributed by atoms with Crippen molar-refractivity contribution in [2.45, 2.75) is 59.3 Å². The zero-order chi connectivity index (χ0) is 16.9. The van der Waals surface area contributed by atoms with Crippen molar-refractivity contribution in [2.75, 3.05) is 6.67 Å². The number of benzene rings is 1. The van der Waals surface area contributed by atoms with Gasteiger partial charge in [0.05, 0.1) is 6.67 Å². The minimum Gasteiger partial charge on any atom is -0.507 e. The first-order valence-electron chi connectivity index (χ1n) is 7.97. The first-order valence-corrected chi connectivity index (χ1v) is 7.97. The number of rotatable bonds is 6. The number of nitrogens with one attached hydrogen (secondary N) is 1. The Morgan fingerprint density at radius 2 is 1.95 bits per heavy atom. The summed E-state index contributed by atoms with van der Waals surface area (Å²) in [5.74, 6) is 0.823. The maximum Gasteiger partial charge on any atom is 0.221 e. The van der Waals surface area contributed by atoms with E-state index in [1.807, 2.05) is 12.1 Å². The van der Waals surface area contributed by atoms with Crippen LogP contribution in [0.5, 0.6) is 5.75 Å². The summed E-state index contributed by atoms with van der Waals surface area (Å²) < 4.78 is 0. The highest BCUT2D eigenvalue weighted by atomic mass is 16.3. The van der Waals surface area contributed by atoms with Crippen LogP contribution in [-0.4, -0.2) is 17.7 Å². The highest BCUT2D eigenvalue weighted by Gasteiger charge is 2.21. The quantitative estimate of drug-likeness (QED) is 0.707. The summed E-state index contributed by atoms with van der Waals surface area (Å²) in [6.07, 6.45) is 1.89. The molecule has 0 spiro atoms. The van der Waals surface area contributed by atoms with Gasteiger partial charge in [-0.1, -0.05) is 46.8 Å². The van der Waals surface area contributed by atoms with Gasteiger partial charge in [0.2, 0.25) is 5.91 Å². The molecule has 0 aliphatic carbocycles. The normalized spacial score (nSPS) is 11.8. The highest BCUT2D eigenvalue weighted by molar-refractivity contribution is 5.76. The number of phenolic OH excluding ortho intramolecular Hbond substituents is 1. The Morgan fingerprint density at radius 1 is 1.32 bits per heavy atom. The number of amides is 1. The van der Waals surface area contributed by atoms with Crippen molar-refractivity contribution in [1.29, 1.82) is 0 Å². The zero-order valence-corrected chi connectivity index (χ0v) is 14.5. The smallest absolute Gasteiger partial charge is 0.221 e. The van der Waals surface area contributed by atoms with Gasteiger partial charge in [-0.3, -0.25) is 4.79 Å². The molecule has 0 radical (unpaired) electrons. The maximum absolute atomic E-state index is 11.6. The van der Waals surface area contributed by atoms with Crippen LogP contribution in [0.2, 0.25) is 0 Å². The van der Waals surface area contributed by atoms with E-state index in [1.54, 1.807) is 0 Å². The predicted molar refractivity (Wildman–Crippen MR) is 90.9 cm³/mol. The highest BCUT2D eigenvalue weighted by Crippen LogP contribution is 2.35. The van der Waals surface area contributed by atoms with Crippen molar-refractivity contribution in [3.63, 3.8) is 0 Å². The molecule has 1 aromatic carbocycles. The second kappa shape index (κ2) is 7.63. The zero-order valence-electron chi connectivity index (χ0n) is 14.5. The number of hydrogen-bond donors (Lipinski definition) is 3. The number of hydrogen-bond acceptors (Lipinski definition) is 3. The SMILES string of the molecule is CC(C)Cc1cc(CCC(=O)NCN)cc(C(C)(C)C)c1O.